The molecule has 0 aromatic carbocycles. The summed E-state index contributed by atoms with van der Waals surface area (Å²) in [5.74, 6) is 0. The van der Waals surface area contributed by atoms with E-state index in [2.05, 4.69) is 27.1 Å². The zero-order valence-electron chi connectivity index (χ0n) is 18.7. The lowest BCUT2D eigenvalue weighted by Crippen LogP contribution is -2.30. The minimum atomic E-state index is -0.0888. The summed E-state index contributed by atoms with van der Waals surface area (Å²) >= 11 is 0. The van der Waals surface area contributed by atoms with Crippen molar-refractivity contribution in [1.29, 1.82) is 0 Å². The van der Waals surface area contributed by atoms with Gasteiger partial charge in [-0.05, 0) is 68.9 Å². The average Bonchev–Trinajstić information content (AvgIpc) is 3.53. The zero-order valence-corrected chi connectivity index (χ0v) is 18.7. The molecule has 0 radical (unpaired) electrons. The van der Waals surface area contributed by atoms with E-state index in [1.54, 1.807) is 10.5 Å². The van der Waals surface area contributed by atoms with Gasteiger partial charge < -0.3 is 0 Å². The quantitative estimate of drug-likeness (QED) is 0.501. The van der Waals surface area contributed by atoms with Gasteiger partial charge in [0, 0.05) is 31.4 Å². The molecule has 7 heteroatoms. The molecule has 1 fully saturated rings. The van der Waals surface area contributed by atoms with Gasteiger partial charge in [0.2, 0.25) is 0 Å². The molecule has 4 aromatic rings. The van der Waals surface area contributed by atoms with Gasteiger partial charge in [0.1, 0.15) is 11.3 Å². The molecule has 5 heterocycles. The van der Waals surface area contributed by atoms with E-state index in [-0.39, 0.29) is 5.56 Å². The lowest BCUT2D eigenvalue weighted by Gasteiger charge is -2.26. The van der Waals surface area contributed by atoms with Crippen LogP contribution in [0.15, 0.2) is 41.5 Å². The molecule has 1 saturated carbocycles. The van der Waals surface area contributed by atoms with Crippen molar-refractivity contribution in [2.24, 2.45) is 0 Å². The van der Waals surface area contributed by atoms with Gasteiger partial charge in [0.05, 0.1) is 28.8 Å². The normalized spacial score (nSPS) is 17.3. The monoisotopic (exact) mass is 426 g/mol. The average molecular weight is 427 g/mol. The molecule has 6 rings (SSSR count). The Bertz CT molecular complexity index is 1470. The first kappa shape index (κ1) is 19.4. The molecular formula is C25H26N6O. The van der Waals surface area contributed by atoms with E-state index in [4.69, 9.17) is 4.98 Å². The summed E-state index contributed by atoms with van der Waals surface area (Å²) in [7, 11) is 0. The maximum absolute atomic E-state index is 13.1. The number of hydrogen-bond donors (Lipinski definition) is 0. The van der Waals surface area contributed by atoms with Crippen LogP contribution in [-0.2, 0) is 0 Å². The first-order chi connectivity index (χ1) is 15.5. The molecule has 4 aromatic heterocycles. The highest BCUT2D eigenvalue weighted by molar-refractivity contribution is 5.70. The van der Waals surface area contributed by atoms with Crippen LogP contribution in [-0.4, -0.2) is 48.0 Å². The van der Waals surface area contributed by atoms with Crippen molar-refractivity contribution >= 4 is 16.7 Å². The second-order valence-electron chi connectivity index (χ2n) is 9.12. The van der Waals surface area contributed by atoms with Crippen LogP contribution in [0.25, 0.3) is 28.1 Å². The Morgan fingerprint density at radius 1 is 1.00 bits per heavy atom. The van der Waals surface area contributed by atoms with E-state index < -0.39 is 0 Å². The van der Waals surface area contributed by atoms with Crippen LogP contribution in [0.5, 0.6) is 0 Å². The number of nitrogens with zero attached hydrogens (tertiary/aromatic N) is 6. The van der Waals surface area contributed by atoms with Crippen LogP contribution in [0.4, 0.5) is 0 Å². The van der Waals surface area contributed by atoms with Gasteiger partial charge in [-0.25, -0.2) is 9.50 Å². The van der Waals surface area contributed by atoms with Crippen molar-refractivity contribution < 1.29 is 0 Å². The summed E-state index contributed by atoms with van der Waals surface area (Å²) in [6, 6.07) is 6.48. The molecule has 0 saturated heterocycles. The first-order valence-corrected chi connectivity index (χ1v) is 11.3. The van der Waals surface area contributed by atoms with Crippen molar-refractivity contribution in [3.05, 3.63) is 69.5 Å². The Morgan fingerprint density at radius 2 is 1.84 bits per heavy atom. The lowest BCUT2D eigenvalue weighted by molar-refractivity contribution is 0.291. The van der Waals surface area contributed by atoms with Gasteiger partial charge in [-0.15, -0.1) is 0 Å². The molecule has 0 N–H and O–H groups in total. The van der Waals surface area contributed by atoms with Crippen LogP contribution in [0, 0.1) is 20.8 Å². The van der Waals surface area contributed by atoms with E-state index in [1.807, 2.05) is 43.7 Å². The molecule has 1 aliphatic heterocycles. The van der Waals surface area contributed by atoms with E-state index >= 15 is 0 Å². The van der Waals surface area contributed by atoms with E-state index in [0.717, 1.165) is 53.6 Å². The summed E-state index contributed by atoms with van der Waals surface area (Å²) in [5, 5.41) is 4.65. The number of hydrogen-bond acceptors (Lipinski definition) is 5. The summed E-state index contributed by atoms with van der Waals surface area (Å²) in [4.78, 5) is 25.0. The summed E-state index contributed by atoms with van der Waals surface area (Å²) < 4.78 is 3.49. The molecule has 2 aliphatic rings. The largest absolute Gasteiger partial charge is 0.296 e. The maximum Gasteiger partial charge on any atom is 0.258 e. The molecular weight excluding hydrogens is 400 g/mol. The fourth-order valence-corrected chi connectivity index (χ4v) is 4.81. The number of pyridine rings is 1. The molecule has 0 unspecified atom stereocenters. The second-order valence-corrected chi connectivity index (χ2v) is 9.12. The van der Waals surface area contributed by atoms with Crippen molar-refractivity contribution in [3.8, 4) is 11.4 Å². The van der Waals surface area contributed by atoms with Gasteiger partial charge in [0.25, 0.3) is 5.56 Å². The second kappa shape index (κ2) is 7.10. The van der Waals surface area contributed by atoms with E-state index in [9.17, 15) is 4.79 Å². The van der Waals surface area contributed by atoms with E-state index in [0.29, 0.717) is 17.0 Å². The lowest BCUT2D eigenvalue weighted by atomic mass is 9.99. The third kappa shape index (κ3) is 3.24. The van der Waals surface area contributed by atoms with Gasteiger partial charge in [0.15, 0.2) is 0 Å². The molecule has 162 valence electrons. The Morgan fingerprint density at radius 3 is 2.59 bits per heavy atom. The Labute approximate surface area is 186 Å². The molecule has 32 heavy (non-hydrogen) atoms. The summed E-state index contributed by atoms with van der Waals surface area (Å²) in [6.45, 7) is 8.04. The molecule has 0 amide bonds. The zero-order chi connectivity index (χ0) is 22.0. The summed E-state index contributed by atoms with van der Waals surface area (Å²) in [6.07, 6.45) is 9.86. The fraction of sp³-hybridized carbons (Fsp3) is 0.360. The van der Waals surface area contributed by atoms with Crippen LogP contribution in [0.1, 0.15) is 41.8 Å². The van der Waals surface area contributed by atoms with Gasteiger partial charge in [-0.3, -0.25) is 19.1 Å². The standard InChI is InChI=1S/C25H26N6O/c1-15-10-19(18-6-8-29(9-7-18)20-4-5-20)14-30-24(32)12-21(27-25(15)30)22-11-23-17(3)26-16(2)13-31(23)28-22/h6,10-14,20H,4-5,7-9H2,1-3H3. The Kier molecular flexibility index (Phi) is 4.30. The topological polar surface area (TPSA) is 67.8 Å². The Hall–Kier alpha value is -3.32. The number of fused-ring (bicyclic) bond motifs is 2. The number of rotatable bonds is 3. The molecule has 0 bridgehead atoms. The highest BCUT2D eigenvalue weighted by Gasteiger charge is 2.29. The Balaban J connectivity index is 1.41. The maximum atomic E-state index is 13.1. The van der Waals surface area contributed by atoms with Crippen LogP contribution in [0.3, 0.4) is 0 Å². The SMILES string of the molecule is Cc1cn2nc(-c3cc(=O)n4cc(C5=CCN(C6CC6)CC5)cc(C)c4n3)cc2c(C)n1. The predicted octanol–water partition coefficient (Wildman–Crippen LogP) is 3.58. The number of aryl methyl sites for hydroxylation is 3. The van der Waals surface area contributed by atoms with E-state index in [1.165, 1.54) is 18.4 Å². The molecule has 0 atom stereocenters. The minimum Gasteiger partial charge on any atom is -0.296 e. The third-order valence-electron chi connectivity index (χ3n) is 6.64. The van der Waals surface area contributed by atoms with Crippen molar-refractivity contribution in [1.82, 2.24) is 28.9 Å². The number of aromatic nitrogens is 5. The molecule has 0 spiro atoms. The molecule has 1 aliphatic carbocycles. The summed E-state index contributed by atoms with van der Waals surface area (Å²) in [5.41, 5.74) is 8.01. The van der Waals surface area contributed by atoms with Crippen molar-refractivity contribution in [3.63, 3.8) is 0 Å². The van der Waals surface area contributed by atoms with Crippen LogP contribution < -0.4 is 5.56 Å². The molecule has 7 nitrogen and oxygen atoms in total. The smallest absolute Gasteiger partial charge is 0.258 e. The van der Waals surface area contributed by atoms with Crippen molar-refractivity contribution in [2.75, 3.05) is 13.1 Å². The first-order valence-electron chi connectivity index (χ1n) is 11.3. The van der Waals surface area contributed by atoms with Crippen LogP contribution >= 0.6 is 0 Å². The fourth-order valence-electron chi connectivity index (χ4n) is 4.81. The van der Waals surface area contributed by atoms with Gasteiger partial charge >= 0.3 is 0 Å². The highest BCUT2D eigenvalue weighted by atomic mass is 16.1. The third-order valence-corrected chi connectivity index (χ3v) is 6.64. The minimum absolute atomic E-state index is 0.0888. The van der Waals surface area contributed by atoms with Gasteiger partial charge in [-0.1, -0.05) is 6.08 Å². The predicted molar refractivity (Wildman–Crippen MR) is 125 cm³/mol. The highest BCUT2D eigenvalue weighted by Crippen LogP contribution is 2.32. The van der Waals surface area contributed by atoms with Crippen molar-refractivity contribution in [2.45, 2.75) is 46.1 Å². The van der Waals surface area contributed by atoms with Crippen LogP contribution in [0.2, 0.25) is 0 Å². The van der Waals surface area contributed by atoms with Gasteiger partial charge in [-0.2, -0.15) is 5.10 Å².